The lowest BCUT2D eigenvalue weighted by atomic mass is 9.81. The Morgan fingerprint density at radius 3 is 1.08 bits per heavy atom. The molecule has 6 aromatic heterocycles. The van der Waals surface area contributed by atoms with Crippen LogP contribution in [0.4, 0.5) is 0 Å². The molecule has 6 heterocycles. The zero-order valence-corrected chi connectivity index (χ0v) is 55.6. The molecule has 0 bridgehead atoms. The normalized spacial score (nSPS) is 11.5. The van der Waals surface area contributed by atoms with E-state index in [1.807, 2.05) is 64.7 Å². The van der Waals surface area contributed by atoms with Crippen molar-refractivity contribution in [3.63, 3.8) is 0 Å². The lowest BCUT2D eigenvalue weighted by Gasteiger charge is -2.12. The van der Waals surface area contributed by atoms with Gasteiger partial charge in [-0.05, 0) is 151 Å². The molecule has 0 saturated carbocycles. The van der Waals surface area contributed by atoms with Crippen molar-refractivity contribution in [2.75, 3.05) is 0 Å². The maximum absolute atomic E-state index is 8.68. The molecule has 0 atom stereocenters. The first-order valence-electron chi connectivity index (χ1n) is 30.5. The van der Waals surface area contributed by atoms with Gasteiger partial charge >= 0.3 is 7.12 Å². The number of halogens is 2. The molecule has 13 aromatic carbocycles. The minimum absolute atomic E-state index is 0.495. The van der Waals surface area contributed by atoms with Gasteiger partial charge in [-0.3, -0.25) is 15.0 Å². The highest BCUT2D eigenvalue weighted by Gasteiger charge is 2.16. The zero-order valence-electron chi connectivity index (χ0n) is 49.9. The predicted molar refractivity (Wildman–Crippen MR) is 409 cm³/mol. The van der Waals surface area contributed by atoms with Crippen molar-refractivity contribution in [2.24, 2.45) is 0 Å². The highest BCUT2D eigenvalue weighted by Crippen LogP contribution is 2.43. The molecule has 0 radical (unpaired) electrons. The van der Waals surface area contributed by atoms with E-state index >= 15 is 0 Å². The number of thiophene rings is 3. The van der Waals surface area contributed by atoms with Crippen LogP contribution >= 0.6 is 65.9 Å². The summed E-state index contributed by atoms with van der Waals surface area (Å²) in [6.45, 7) is 2.12. The van der Waals surface area contributed by atoms with Crippen LogP contribution in [0.1, 0.15) is 5.56 Å². The first-order valence-corrected chi connectivity index (χ1v) is 34.6. The van der Waals surface area contributed by atoms with E-state index < -0.39 is 7.12 Å². The Labute approximate surface area is 564 Å². The summed E-state index contributed by atoms with van der Waals surface area (Å²) in [6.07, 6.45) is 6.02. The van der Waals surface area contributed by atoms with Gasteiger partial charge in [-0.2, -0.15) is 0 Å². The van der Waals surface area contributed by atoms with E-state index in [0.717, 1.165) is 25.5 Å². The number of aryl methyl sites for hydroxylation is 1. The summed E-state index contributed by atoms with van der Waals surface area (Å²) >= 11 is 12.3. The van der Waals surface area contributed by atoms with Crippen LogP contribution in [0, 0.1) is 6.92 Å². The van der Waals surface area contributed by atoms with Crippen LogP contribution in [-0.4, -0.2) is 32.1 Å². The second kappa shape index (κ2) is 24.8. The van der Waals surface area contributed by atoms with Crippen molar-refractivity contribution in [1.82, 2.24) is 15.0 Å². The van der Waals surface area contributed by atoms with Gasteiger partial charge in [0, 0.05) is 90.1 Å². The van der Waals surface area contributed by atoms with E-state index in [1.165, 1.54) is 148 Å². The molecule has 0 unspecified atom stereocenters. The summed E-state index contributed by atoms with van der Waals surface area (Å²) < 4.78 is 9.67. The van der Waals surface area contributed by atoms with Crippen molar-refractivity contribution in [3.05, 3.63) is 300 Å². The summed E-state index contributed by atoms with van der Waals surface area (Å²) in [7, 11) is -1.38. The number of pyridine rings is 3. The van der Waals surface area contributed by atoms with Crippen LogP contribution in [-0.2, 0) is 0 Å². The largest absolute Gasteiger partial charge is 0.488 e. The summed E-state index contributed by atoms with van der Waals surface area (Å²) in [5.41, 5.74) is 12.4. The number of rotatable bonds is 4. The van der Waals surface area contributed by atoms with Gasteiger partial charge in [-0.15, -0.1) is 34.0 Å². The number of hydrogen-bond acceptors (Lipinski definition) is 8. The molecule has 442 valence electrons. The van der Waals surface area contributed by atoms with Crippen molar-refractivity contribution in [1.29, 1.82) is 0 Å². The van der Waals surface area contributed by atoms with E-state index in [0.29, 0.717) is 5.46 Å². The van der Waals surface area contributed by atoms with Gasteiger partial charge in [-0.25, -0.2) is 0 Å². The molecule has 19 aromatic rings. The molecule has 0 saturated heterocycles. The smallest absolute Gasteiger partial charge is 0.423 e. The average Bonchev–Trinajstić information content (AvgIpc) is 1.53. The third-order valence-corrected chi connectivity index (χ3v) is 21.9. The molecule has 0 amide bonds. The molecule has 0 fully saturated rings. The highest BCUT2D eigenvalue weighted by molar-refractivity contribution is 9.10. The molecule has 0 aliphatic rings. The van der Waals surface area contributed by atoms with Gasteiger partial charge in [0.15, 0.2) is 0 Å². The Balaban J connectivity index is 0.000000111. The quantitative estimate of drug-likeness (QED) is 0.136. The predicted octanol–water partition coefficient (Wildman–Crippen LogP) is 23.5. The fourth-order valence-electron chi connectivity index (χ4n) is 12.8. The SMILES string of the molecule is Brc1cccc(-c2ccc3c(cnc4c5ccccc5sc34)c2)c1.Cc1ccc2c(cnc3c4ccccc4sc23)c1.OB(O)c1cccc(Br)c1.c1cc(-c2ccc3c(cnc4c5ccccc5sc34)c2)cc(-c2ccc3c4ccccc4c4ccccc4c3c2)c1. The Morgan fingerprint density at radius 1 is 0.290 bits per heavy atom. The van der Waals surface area contributed by atoms with Crippen LogP contribution in [0.3, 0.4) is 0 Å². The van der Waals surface area contributed by atoms with Gasteiger partial charge in [0.2, 0.25) is 0 Å². The number of benzene rings is 13. The van der Waals surface area contributed by atoms with Gasteiger partial charge in [0.05, 0.1) is 30.6 Å². The third-order valence-electron chi connectivity index (χ3n) is 17.3. The minimum Gasteiger partial charge on any atom is -0.423 e. The summed E-state index contributed by atoms with van der Waals surface area (Å²) in [5.74, 6) is 0. The lowest BCUT2D eigenvalue weighted by molar-refractivity contribution is 0.425. The van der Waals surface area contributed by atoms with E-state index in [1.54, 1.807) is 18.2 Å². The monoisotopic (exact) mass is 1380 g/mol. The van der Waals surface area contributed by atoms with Gasteiger partial charge in [0.1, 0.15) is 0 Å². The molecule has 5 nitrogen and oxygen atoms in total. The molecule has 2 N–H and O–H groups in total. The van der Waals surface area contributed by atoms with E-state index in [9.17, 15) is 0 Å². The molecular weight excluding hydrogens is 1330 g/mol. The van der Waals surface area contributed by atoms with Crippen molar-refractivity contribution in [3.8, 4) is 33.4 Å². The van der Waals surface area contributed by atoms with Gasteiger partial charge in [0.25, 0.3) is 0 Å². The zero-order chi connectivity index (χ0) is 62.7. The maximum Gasteiger partial charge on any atom is 0.488 e. The van der Waals surface area contributed by atoms with Crippen LogP contribution in [0.15, 0.2) is 294 Å². The number of aromatic nitrogens is 3. The number of fused-ring (bicyclic) bond motifs is 21. The standard InChI is InChI=1S/C39H23NS.C21H12BrNS.C16H11NS.C6H6BBrO2/c1-2-12-32-30(10-1)31-11-3-4-13-33(31)36-22-27(17-19-34(32)36)25-9-7-8-24(20-25)26-16-18-29-28(21-26)23-40-38-35-14-5-6-15-37(35)41-39(29)38;22-16-5-3-4-13(11-16)14-8-9-17-15(10-14)12-23-20-18-6-1-2-7-19(18)24-21(17)20;1-10-6-7-12-11(8-10)9-17-15-13-4-2-3-5-14(13)18-16(12)15;8-6-3-1-2-5(4-6)7(9)10/h1-23H;1-12H;2-9H,1H3;1-4,9-10H. The highest BCUT2D eigenvalue weighted by atomic mass is 79.9. The van der Waals surface area contributed by atoms with Crippen LogP contribution in [0.5, 0.6) is 0 Å². The number of hydrogen-bond donors (Lipinski definition) is 2. The third kappa shape index (κ3) is 11.2. The lowest BCUT2D eigenvalue weighted by Crippen LogP contribution is -2.29. The second-order valence-electron chi connectivity index (χ2n) is 23.2. The first kappa shape index (κ1) is 58.6. The summed E-state index contributed by atoms with van der Waals surface area (Å²) in [6, 6.07) is 94.2. The Bertz CT molecular complexity index is 6110. The Kier molecular flexibility index (Phi) is 15.6. The fourth-order valence-corrected chi connectivity index (χ4v) is 17.2. The van der Waals surface area contributed by atoms with E-state index in [-0.39, 0.29) is 0 Å². The van der Waals surface area contributed by atoms with Crippen molar-refractivity contribution >= 4 is 204 Å². The molecule has 0 aliphatic carbocycles. The number of nitrogens with zero attached hydrogens (tertiary/aromatic N) is 3. The Morgan fingerprint density at radius 2 is 0.634 bits per heavy atom. The molecule has 0 aliphatic heterocycles. The average molecular weight is 1380 g/mol. The fraction of sp³-hybridized carbons (Fsp3) is 0.0122. The van der Waals surface area contributed by atoms with Gasteiger partial charge in [-0.1, -0.05) is 232 Å². The molecular formula is C82H52BBr2N3O2S3. The summed E-state index contributed by atoms with van der Waals surface area (Å²) in [5, 5.41) is 36.4. The first-order chi connectivity index (χ1) is 45.6. The maximum atomic E-state index is 8.68. The molecule has 0 spiro atoms. The van der Waals surface area contributed by atoms with Crippen LogP contribution in [0.2, 0.25) is 0 Å². The van der Waals surface area contributed by atoms with Crippen LogP contribution < -0.4 is 5.46 Å². The van der Waals surface area contributed by atoms with E-state index in [4.69, 9.17) is 20.0 Å². The van der Waals surface area contributed by atoms with Gasteiger partial charge < -0.3 is 10.0 Å². The van der Waals surface area contributed by atoms with Crippen molar-refractivity contribution in [2.45, 2.75) is 6.92 Å². The molecule has 11 heteroatoms. The molecule has 19 rings (SSSR count). The second-order valence-corrected chi connectivity index (χ2v) is 28.2. The van der Waals surface area contributed by atoms with Crippen LogP contribution in [0.25, 0.3) is 159 Å². The Hall–Kier alpha value is -9.53. The topological polar surface area (TPSA) is 79.1 Å². The molecule has 93 heavy (non-hydrogen) atoms. The minimum atomic E-state index is -1.38. The van der Waals surface area contributed by atoms with Crippen molar-refractivity contribution < 1.29 is 10.0 Å². The summed E-state index contributed by atoms with van der Waals surface area (Å²) in [4.78, 5) is 14.3. The van der Waals surface area contributed by atoms with E-state index in [2.05, 4.69) is 280 Å².